The smallest absolute Gasteiger partial charge is 0.223 e. The maximum Gasteiger partial charge on any atom is 0.223 e. The van der Waals surface area contributed by atoms with Gasteiger partial charge in [0.05, 0.1) is 0 Å². The Bertz CT molecular complexity index is 662. The fourth-order valence-corrected chi connectivity index (χ4v) is 2.51. The number of hydrogen-bond acceptors (Lipinski definition) is 2. The van der Waals surface area contributed by atoms with E-state index in [1.165, 1.54) is 0 Å². The SMILES string of the molecule is NCCCN(Cc1ccccc1)C(=O)CCc1cc(F)ccc1F. The average molecular weight is 332 g/mol. The number of aryl methyl sites for hydroxylation is 1. The first kappa shape index (κ1) is 18.1. The third-order valence-electron chi connectivity index (χ3n) is 3.82. The first-order valence-electron chi connectivity index (χ1n) is 8.06. The van der Waals surface area contributed by atoms with E-state index >= 15 is 0 Å². The number of nitrogens with zero attached hydrogens (tertiary/aromatic N) is 1. The van der Waals surface area contributed by atoms with Crippen molar-refractivity contribution < 1.29 is 13.6 Å². The second-order valence-corrected chi connectivity index (χ2v) is 5.68. The van der Waals surface area contributed by atoms with E-state index in [0.29, 0.717) is 26.1 Å². The lowest BCUT2D eigenvalue weighted by Gasteiger charge is -2.23. The van der Waals surface area contributed by atoms with E-state index in [0.717, 1.165) is 23.8 Å². The molecule has 0 saturated heterocycles. The van der Waals surface area contributed by atoms with Crippen LogP contribution in [0, 0.1) is 11.6 Å². The summed E-state index contributed by atoms with van der Waals surface area (Å²) in [6, 6.07) is 13.0. The van der Waals surface area contributed by atoms with Crippen LogP contribution in [0.4, 0.5) is 8.78 Å². The second-order valence-electron chi connectivity index (χ2n) is 5.68. The fourth-order valence-electron chi connectivity index (χ4n) is 2.51. The Morgan fingerprint density at radius 2 is 1.83 bits per heavy atom. The lowest BCUT2D eigenvalue weighted by molar-refractivity contribution is -0.131. The van der Waals surface area contributed by atoms with Crippen LogP contribution in [-0.4, -0.2) is 23.9 Å². The minimum absolute atomic E-state index is 0.0871. The van der Waals surface area contributed by atoms with E-state index in [4.69, 9.17) is 5.73 Å². The molecule has 0 aliphatic carbocycles. The van der Waals surface area contributed by atoms with Crippen LogP contribution in [0.2, 0.25) is 0 Å². The molecule has 1 amide bonds. The van der Waals surface area contributed by atoms with Crippen molar-refractivity contribution in [3.05, 3.63) is 71.3 Å². The fraction of sp³-hybridized carbons (Fsp3) is 0.316. The van der Waals surface area contributed by atoms with E-state index in [1.807, 2.05) is 30.3 Å². The van der Waals surface area contributed by atoms with Gasteiger partial charge in [0.15, 0.2) is 0 Å². The molecule has 2 aromatic carbocycles. The number of amides is 1. The summed E-state index contributed by atoms with van der Waals surface area (Å²) in [7, 11) is 0. The summed E-state index contributed by atoms with van der Waals surface area (Å²) in [6.45, 7) is 1.54. The number of benzene rings is 2. The summed E-state index contributed by atoms with van der Waals surface area (Å²) < 4.78 is 26.9. The van der Waals surface area contributed by atoms with Gasteiger partial charge in [0.1, 0.15) is 11.6 Å². The first-order valence-corrected chi connectivity index (χ1v) is 8.06. The Balaban J connectivity index is 2.00. The van der Waals surface area contributed by atoms with Crippen molar-refractivity contribution in [2.45, 2.75) is 25.8 Å². The minimum atomic E-state index is -0.497. The number of carbonyl (C=O) groups excluding carboxylic acids is 1. The standard InChI is InChI=1S/C19H22F2N2O/c20-17-8-9-18(21)16(13-17)7-10-19(24)23(12-4-11-22)14-15-5-2-1-3-6-15/h1-3,5-6,8-9,13H,4,7,10-12,14,22H2. The highest BCUT2D eigenvalue weighted by Gasteiger charge is 2.15. The molecule has 2 N–H and O–H groups in total. The highest BCUT2D eigenvalue weighted by Crippen LogP contribution is 2.14. The highest BCUT2D eigenvalue weighted by atomic mass is 19.1. The Labute approximate surface area is 141 Å². The lowest BCUT2D eigenvalue weighted by atomic mass is 10.1. The van der Waals surface area contributed by atoms with Gasteiger partial charge in [0, 0.05) is 19.5 Å². The molecular formula is C19H22F2N2O. The molecule has 2 rings (SSSR count). The molecular weight excluding hydrogens is 310 g/mol. The zero-order chi connectivity index (χ0) is 17.4. The molecule has 0 heterocycles. The predicted molar refractivity (Wildman–Crippen MR) is 90.2 cm³/mol. The predicted octanol–water partition coefficient (Wildman–Crippen LogP) is 3.28. The normalized spacial score (nSPS) is 10.6. The van der Waals surface area contributed by atoms with Gasteiger partial charge in [-0.1, -0.05) is 30.3 Å². The number of nitrogens with two attached hydrogens (primary N) is 1. The molecule has 0 unspecified atom stereocenters. The molecule has 0 fully saturated rings. The van der Waals surface area contributed by atoms with E-state index in [-0.39, 0.29) is 24.3 Å². The number of carbonyl (C=O) groups is 1. The van der Waals surface area contributed by atoms with E-state index in [9.17, 15) is 13.6 Å². The van der Waals surface area contributed by atoms with Gasteiger partial charge in [-0.05, 0) is 48.7 Å². The molecule has 24 heavy (non-hydrogen) atoms. The van der Waals surface area contributed by atoms with Gasteiger partial charge in [-0.25, -0.2) is 8.78 Å². The summed E-state index contributed by atoms with van der Waals surface area (Å²) in [5, 5.41) is 0. The molecule has 0 aliphatic rings. The van der Waals surface area contributed by atoms with Crippen LogP contribution in [0.5, 0.6) is 0 Å². The van der Waals surface area contributed by atoms with Crippen LogP contribution in [-0.2, 0) is 17.8 Å². The van der Waals surface area contributed by atoms with Gasteiger partial charge in [-0.15, -0.1) is 0 Å². The average Bonchev–Trinajstić information content (AvgIpc) is 2.60. The quantitative estimate of drug-likeness (QED) is 0.806. The Hall–Kier alpha value is -2.27. The molecule has 0 aliphatic heterocycles. The largest absolute Gasteiger partial charge is 0.338 e. The summed E-state index contributed by atoms with van der Waals surface area (Å²) in [4.78, 5) is 14.2. The van der Waals surface area contributed by atoms with Crippen LogP contribution < -0.4 is 5.73 Å². The summed E-state index contributed by atoms with van der Waals surface area (Å²) >= 11 is 0. The molecule has 0 radical (unpaired) electrons. The van der Waals surface area contributed by atoms with Crippen molar-refractivity contribution in [1.29, 1.82) is 0 Å². The highest BCUT2D eigenvalue weighted by molar-refractivity contribution is 5.76. The molecule has 3 nitrogen and oxygen atoms in total. The summed E-state index contributed by atoms with van der Waals surface area (Å²) in [6.07, 6.45) is 1.01. The topological polar surface area (TPSA) is 46.3 Å². The van der Waals surface area contributed by atoms with Crippen LogP contribution in [0.15, 0.2) is 48.5 Å². The van der Waals surface area contributed by atoms with Gasteiger partial charge >= 0.3 is 0 Å². The molecule has 0 saturated carbocycles. The Morgan fingerprint density at radius 3 is 2.54 bits per heavy atom. The van der Waals surface area contributed by atoms with Gasteiger partial charge < -0.3 is 10.6 Å². The number of rotatable bonds is 8. The van der Waals surface area contributed by atoms with E-state index in [1.54, 1.807) is 4.90 Å². The van der Waals surface area contributed by atoms with Crippen LogP contribution in [0.3, 0.4) is 0 Å². The lowest BCUT2D eigenvalue weighted by Crippen LogP contribution is -2.32. The molecule has 0 atom stereocenters. The van der Waals surface area contributed by atoms with Crippen molar-refractivity contribution in [3.8, 4) is 0 Å². The summed E-state index contributed by atoms with van der Waals surface area (Å²) in [5.41, 5.74) is 6.79. The molecule has 0 aromatic heterocycles. The zero-order valence-corrected chi connectivity index (χ0v) is 13.6. The molecule has 128 valence electrons. The Kier molecular flexibility index (Phi) is 6.88. The maximum atomic E-state index is 13.7. The van der Waals surface area contributed by atoms with Crippen molar-refractivity contribution in [2.75, 3.05) is 13.1 Å². The molecule has 5 heteroatoms. The monoisotopic (exact) mass is 332 g/mol. The van der Waals surface area contributed by atoms with Gasteiger partial charge in [-0.3, -0.25) is 4.79 Å². The third kappa shape index (κ3) is 5.42. The minimum Gasteiger partial charge on any atom is -0.338 e. The summed E-state index contributed by atoms with van der Waals surface area (Å²) in [5.74, 6) is -1.07. The second kappa shape index (κ2) is 9.13. The Morgan fingerprint density at radius 1 is 1.08 bits per heavy atom. The van der Waals surface area contributed by atoms with Crippen molar-refractivity contribution in [1.82, 2.24) is 4.90 Å². The number of halogens is 2. The van der Waals surface area contributed by atoms with Crippen LogP contribution >= 0.6 is 0 Å². The number of hydrogen-bond donors (Lipinski definition) is 1. The van der Waals surface area contributed by atoms with E-state index in [2.05, 4.69) is 0 Å². The van der Waals surface area contributed by atoms with Gasteiger partial charge in [-0.2, -0.15) is 0 Å². The van der Waals surface area contributed by atoms with Crippen LogP contribution in [0.1, 0.15) is 24.0 Å². The van der Waals surface area contributed by atoms with E-state index < -0.39 is 11.6 Å². The van der Waals surface area contributed by atoms with Crippen molar-refractivity contribution in [2.24, 2.45) is 5.73 Å². The van der Waals surface area contributed by atoms with Gasteiger partial charge in [0.2, 0.25) is 5.91 Å². The van der Waals surface area contributed by atoms with Crippen molar-refractivity contribution >= 4 is 5.91 Å². The van der Waals surface area contributed by atoms with Gasteiger partial charge in [0.25, 0.3) is 0 Å². The van der Waals surface area contributed by atoms with Crippen LogP contribution in [0.25, 0.3) is 0 Å². The first-order chi connectivity index (χ1) is 11.6. The maximum absolute atomic E-state index is 13.7. The molecule has 2 aromatic rings. The van der Waals surface area contributed by atoms with Crippen molar-refractivity contribution in [3.63, 3.8) is 0 Å². The molecule has 0 spiro atoms. The third-order valence-corrected chi connectivity index (χ3v) is 3.82. The zero-order valence-electron chi connectivity index (χ0n) is 13.6. The molecule has 0 bridgehead atoms.